The number of hydrogen-bond donors (Lipinski definition) is 3. The van der Waals surface area contributed by atoms with Crippen LogP contribution in [0, 0.1) is 11.2 Å². The van der Waals surface area contributed by atoms with E-state index in [1.54, 1.807) is 13.8 Å². The van der Waals surface area contributed by atoms with Crippen molar-refractivity contribution in [2.45, 2.75) is 20.3 Å². The van der Waals surface area contributed by atoms with E-state index in [-0.39, 0.29) is 29.2 Å². The van der Waals surface area contributed by atoms with E-state index in [1.807, 2.05) is 0 Å². The molecule has 0 aliphatic carbocycles. The fourth-order valence-corrected chi connectivity index (χ4v) is 1.67. The molecule has 110 valence electrons. The van der Waals surface area contributed by atoms with Crippen LogP contribution in [0.1, 0.15) is 30.6 Å². The smallest absolute Gasteiger partial charge is 0.309 e. The summed E-state index contributed by atoms with van der Waals surface area (Å²) >= 11 is 5.66. The largest absolute Gasteiger partial charge is 0.481 e. The second kappa shape index (κ2) is 6.09. The number of anilines is 1. The maximum Gasteiger partial charge on any atom is 0.309 e. The van der Waals surface area contributed by atoms with Crippen molar-refractivity contribution in [1.82, 2.24) is 5.32 Å². The zero-order valence-electron chi connectivity index (χ0n) is 11.2. The average Bonchev–Trinajstić information content (AvgIpc) is 2.33. The number of nitrogen functional groups attached to an aromatic ring is 1. The highest BCUT2D eigenvalue weighted by Gasteiger charge is 2.26. The van der Waals surface area contributed by atoms with E-state index >= 15 is 0 Å². The number of nitrogens with one attached hydrogen (secondary N) is 1. The minimum Gasteiger partial charge on any atom is -0.481 e. The second-order valence-corrected chi connectivity index (χ2v) is 5.48. The van der Waals surface area contributed by atoms with E-state index in [4.69, 9.17) is 22.4 Å². The average molecular weight is 303 g/mol. The minimum atomic E-state index is -0.960. The molecule has 0 aliphatic rings. The Morgan fingerprint density at radius 3 is 2.60 bits per heavy atom. The lowest BCUT2D eigenvalue weighted by Gasteiger charge is -2.19. The predicted octanol–water partition coefficient (Wildman–Crippen LogP) is 2.29. The van der Waals surface area contributed by atoms with Crippen molar-refractivity contribution >= 4 is 29.2 Å². The van der Waals surface area contributed by atoms with Gasteiger partial charge in [-0.1, -0.05) is 11.6 Å². The van der Waals surface area contributed by atoms with Crippen molar-refractivity contribution in [3.05, 3.63) is 28.5 Å². The Morgan fingerprint density at radius 1 is 1.45 bits per heavy atom. The van der Waals surface area contributed by atoms with Gasteiger partial charge in [-0.05, 0) is 32.4 Å². The summed E-state index contributed by atoms with van der Waals surface area (Å²) < 4.78 is 13.4. The van der Waals surface area contributed by atoms with Crippen molar-refractivity contribution in [3.63, 3.8) is 0 Å². The van der Waals surface area contributed by atoms with E-state index in [2.05, 4.69) is 5.32 Å². The van der Waals surface area contributed by atoms with Crippen LogP contribution in [0.5, 0.6) is 0 Å². The maximum absolute atomic E-state index is 13.4. The van der Waals surface area contributed by atoms with Gasteiger partial charge in [-0.2, -0.15) is 0 Å². The molecule has 1 amide bonds. The van der Waals surface area contributed by atoms with Gasteiger partial charge in [0.05, 0.1) is 16.7 Å². The summed E-state index contributed by atoms with van der Waals surface area (Å²) in [5.41, 5.74) is 4.16. The third-order valence-electron chi connectivity index (χ3n) is 2.95. The third-order valence-corrected chi connectivity index (χ3v) is 3.17. The summed E-state index contributed by atoms with van der Waals surface area (Å²) in [5.74, 6) is -2.32. The number of rotatable bonds is 5. The van der Waals surface area contributed by atoms with Crippen LogP contribution in [-0.2, 0) is 4.79 Å². The number of carbonyl (C=O) groups excluding carboxylic acids is 1. The zero-order chi connectivity index (χ0) is 15.5. The van der Waals surface area contributed by atoms with Crippen LogP contribution in [0.25, 0.3) is 0 Å². The Kier molecular flexibility index (Phi) is 4.94. The number of nitrogens with two attached hydrogens (primary N) is 1. The van der Waals surface area contributed by atoms with E-state index in [9.17, 15) is 14.0 Å². The molecule has 0 aliphatic heterocycles. The van der Waals surface area contributed by atoms with Crippen LogP contribution in [0.2, 0.25) is 5.02 Å². The SMILES string of the molecule is CC(C)(CCNC(=O)c1cc(Cl)cc(F)c1N)C(=O)O. The van der Waals surface area contributed by atoms with Crippen LogP contribution < -0.4 is 11.1 Å². The summed E-state index contributed by atoms with van der Waals surface area (Å²) in [4.78, 5) is 22.8. The standard InChI is InChI=1S/C13H16ClFN2O3/c1-13(2,12(19)20)3-4-17-11(18)8-5-7(14)6-9(15)10(8)16/h5-6H,3-4,16H2,1-2H3,(H,17,18)(H,19,20). The fourth-order valence-electron chi connectivity index (χ4n) is 1.46. The lowest BCUT2D eigenvalue weighted by molar-refractivity contribution is -0.147. The highest BCUT2D eigenvalue weighted by atomic mass is 35.5. The van der Waals surface area contributed by atoms with E-state index in [1.165, 1.54) is 6.07 Å². The van der Waals surface area contributed by atoms with Gasteiger partial charge in [0, 0.05) is 11.6 Å². The molecule has 0 bridgehead atoms. The molecule has 20 heavy (non-hydrogen) atoms. The van der Waals surface area contributed by atoms with E-state index in [0.29, 0.717) is 0 Å². The van der Waals surface area contributed by atoms with Gasteiger partial charge >= 0.3 is 5.97 Å². The van der Waals surface area contributed by atoms with Gasteiger partial charge in [0.2, 0.25) is 0 Å². The molecule has 4 N–H and O–H groups in total. The topological polar surface area (TPSA) is 92.4 Å². The zero-order valence-corrected chi connectivity index (χ0v) is 11.9. The molecule has 0 fully saturated rings. The highest BCUT2D eigenvalue weighted by Crippen LogP contribution is 2.23. The molecule has 0 saturated carbocycles. The molecule has 0 unspecified atom stereocenters. The molecule has 0 saturated heterocycles. The first kappa shape index (κ1) is 16.2. The normalized spacial score (nSPS) is 11.2. The quantitative estimate of drug-likeness (QED) is 0.728. The molecule has 0 atom stereocenters. The molecule has 0 aromatic heterocycles. The molecule has 1 rings (SSSR count). The number of hydrogen-bond acceptors (Lipinski definition) is 3. The Morgan fingerprint density at radius 2 is 2.05 bits per heavy atom. The van der Waals surface area contributed by atoms with E-state index in [0.717, 1.165) is 6.07 Å². The summed E-state index contributed by atoms with van der Waals surface area (Å²) in [5, 5.41) is 11.5. The highest BCUT2D eigenvalue weighted by molar-refractivity contribution is 6.31. The van der Waals surface area contributed by atoms with Gasteiger partial charge in [-0.25, -0.2) is 4.39 Å². The Labute approximate surface area is 120 Å². The molecule has 1 aromatic rings. The molecule has 5 nitrogen and oxygen atoms in total. The lowest BCUT2D eigenvalue weighted by atomic mass is 9.89. The molecule has 0 spiro atoms. The maximum atomic E-state index is 13.4. The lowest BCUT2D eigenvalue weighted by Crippen LogP contribution is -2.32. The first-order valence-corrected chi connectivity index (χ1v) is 6.29. The van der Waals surface area contributed by atoms with Crippen molar-refractivity contribution in [1.29, 1.82) is 0 Å². The van der Waals surface area contributed by atoms with Gasteiger partial charge in [-0.15, -0.1) is 0 Å². The molecular formula is C13H16ClFN2O3. The molecule has 1 aromatic carbocycles. The minimum absolute atomic E-state index is 0.0627. The van der Waals surface area contributed by atoms with Gasteiger partial charge in [0.25, 0.3) is 5.91 Å². The molecule has 0 radical (unpaired) electrons. The van der Waals surface area contributed by atoms with Crippen molar-refractivity contribution in [2.75, 3.05) is 12.3 Å². The number of halogens is 2. The Hall–Kier alpha value is -1.82. The first-order chi connectivity index (χ1) is 9.15. The summed E-state index contributed by atoms with van der Waals surface area (Å²) in [6.45, 7) is 3.23. The van der Waals surface area contributed by atoms with Crippen molar-refractivity contribution < 1.29 is 19.1 Å². The first-order valence-electron chi connectivity index (χ1n) is 5.91. The molecular weight excluding hydrogens is 287 g/mol. The van der Waals surface area contributed by atoms with Gasteiger partial charge in [0.1, 0.15) is 5.82 Å². The Bertz CT molecular complexity index is 547. The van der Waals surface area contributed by atoms with Gasteiger partial charge < -0.3 is 16.2 Å². The number of aliphatic carboxylic acids is 1. The summed E-state index contributed by atoms with van der Waals surface area (Å²) in [7, 11) is 0. The van der Waals surface area contributed by atoms with Gasteiger partial charge in [-0.3, -0.25) is 9.59 Å². The number of carbonyl (C=O) groups is 2. The van der Waals surface area contributed by atoms with Crippen LogP contribution in [0.4, 0.5) is 10.1 Å². The predicted molar refractivity (Wildman–Crippen MR) is 74.2 cm³/mol. The van der Waals surface area contributed by atoms with Crippen molar-refractivity contribution in [3.8, 4) is 0 Å². The summed E-state index contributed by atoms with van der Waals surface area (Å²) in [6.07, 6.45) is 0.233. The number of carboxylic acids is 1. The second-order valence-electron chi connectivity index (χ2n) is 5.04. The number of carboxylic acid groups (broad SMARTS) is 1. The number of amides is 1. The van der Waals surface area contributed by atoms with Crippen LogP contribution in [0.3, 0.4) is 0 Å². The summed E-state index contributed by atoms with van der Waals surface area (Å²) in [6, 6.07) is 2.28. The third kappa shape index (κ3) is 3.84. The molecule has 0 heterocycles. The fraction of sp³-hybridized carbons (Fsp3) is 0.385. The van der Waals surface area contributed by atoms with Crippen LogP contribution in [0.15, 0.2) is 12.1 Å². The monoisotopic (exact) mass is 302 g/mol. The van der Waals surface area contributed by atoms with E-state index < -0.39 is 23.1 Å². The van der Waals surface area contributed by atoms with Crippen LogP contribution in [-0.4, -0.2) is 23.5 Å². The van der Waals surface area contributed by atoms with Crippen molar-refractivity contribution in [2.24, 2.45) is 5.41 Å². The Balaban J connectivity index is 2.72. The van der Waals surface area contributed by atoms with Crippen LogP contribution >= 0.6 is 11.6 Å². The van der Waals surface area contributed by atoms with Gasteiger partial charge in [0.15, 0.2) is 0 Å². The number of benzene rings is 1. The molecule has 7 heteroatoms.